The molecule has 20 heavy (non-hydrogen) atoms. The number of unbranched alkanes of at least 4 members (excludes halogenated alkanes) is 6. The van der Waals surface area contributed by atoms with Gasteiger partial charge >= 0.3 is 0 Å². The summed E-state index contributed by atoms with van der Waals surface area (Å²) in [4.78, 5) is 0. The van der Waals surface area contributed by atoms with Gasteiger partial charge in [-0.05, 0) is 0 Å². The SMILES string of the molecule is CCCCCC.CCCCCC.ClC(Cl)Cl.ClC(Cl)Cl. The van der Waals surface area contributed by atoms with Crippen molar-refractivity contribution >= 4 is 69.6 Å². The standard InChI is InChI=1S/2C6H14.2CHCl3/c2*1-3-5-6-4-2;2*2-1(3)4/h2*3-6H2,1-2H3;2*1H. The topological polar surface area (TPSA) is 0 Å². The molecule has 0 aromatic rings. The molecule has 0 heterocycles. The van der Waals surface area contributed by atoms with Gasteiger partial charge in [0, 0.05) is 0 Å². The second kappa shape index (κ2) is 32.6. The predicted octanol–water partition coefficient (Wildman–Crippen LogP) is 9.15. The van der Waals surface area contributed by atoms with Crippen LogP contribution in [0.4, 0.5) is 0 Å². The fourth-order valence-electron chi connectivity index (χ4n) is 1.000. The molecule has 0 aromatic carbocycles. The van der Waals surface area contributed by atoms with Crippen molar-refractivity contribution in [1.29, 1.82) is 0 Å². The summed E-state index contributed by atoms with van der Waals surface area (Å²) in [6.07, 6.45) is 11.1. The van der Waals surface area contributed by atoms with Crippen molar-refractivity contribution in [1.82, 2.24) is 0 Å². The Morgan fingerprint density at radius 2 is 0.550 bits per heavy atom. The van der Waals surface area contributed by atoms with Gasteiger partial charge < -0.3 is 0 Å². The number of alkyl halides is 6. The minimum absolute atomic E-state index is 0.750. The highest BCUT2D eigenvalue weighted by Gasteiger charge is 1.79. The zero-order chi connectivity index (χ0) is 16.8. The maximum absolute atomic E-state index is 4.81. The lowest BCUT2D eigenvalue weighted by molar-refractivity contribution is 0.702. The third-order valence-electron chi connectivity index (χ3n) is 1.91. The number of rotatable bonds is 6. The molecule has 0 N–H and O–H groups in total. The first-order valence-corrected chi connectivity index (χ1v) is 9.76. The average Bonchev–Trinajstić information content (AvgIpc) is 2.33. The van der Waals surface area contributed by atoms with Gasteiger partial charge in [-0.25, -0.2) is 0 Å². The summed E-state index contributed by atoms with van der Waals surface area (Å²) in [5.41, 5.74) is 0. The van der Waals surface area contributed by atoms with Crippen molar-refractivity contribution in [2.45, 2.75) is 87.7 Å². The lowest BCUT2D eigenvalue weighted by atomic mass is 10.2. The summed E-state index contributed by atoms with van der Waals surface area (Å²) in [5.74, 6) is 0. The van der Waals surface area contributed by atoms with E-state index in [1.165, 1.54) is 51.4 Å². The molecule has 0 aliphatic heterocycles. The predicted molar refractivity (Wildman–Crippen MR) is 102 cm³/mol. The van der Waals surface area contributed by atoms with Crippen LogP contribution in [0.2, 0.25) is 0 Å². The van der Waals surface area contributed by atoms with Gasteiger partial charge in [-0.3, -0.25) is 0 Å². The minimum atomic E-state index is -0.750. The quantitative estimate of drug-likeness (QED) is 0.302. The second-order valence-corrected chi connectivity index (χ2v) is 7.87. The Hall–Kier alpha value is 1.74. The fraction of sp³-hybridized carbons (Fsp3) is 1.00. The highest BCUT2D eigenvalue weighted by atomic mass is 35.6. The van der Waals surface area contributed by atoms with Crippen LogP contribution >= 0.6 is 69.6 Å². The van der Waals surface area contributed by atoms with Crippen LogP contribution < -0.4 is 0 Å². The molecule has 0 spiro atoms. The van der Waals surface area contributed by atoms with E-state index >= 15 is 0 Å². The molecule has 0 bridgehead atoms. The summed E-state index contributed by atoms with van der Waals surface area (Å²) in [5, 5.41) is 0. The van der Waals surface area contributed by atoms with Gasteiger partial charge in [0.25, 0.3) is 0 Å². The Kier molecular flexibility index (Phi) is 48.5. The van der Waals surface area contributed by atoms with E-state index in [0.717, 1.165) is 0 Å². The first-order valence-electron chi connectivity index (χ1n) is 7.14. The van der Waals surface area contributed by atoms with Crippen LogP contribution in [0.1, 0.15) is 79.1 Å². The van der Waals surface area contributed by atoms with Crippen LogP contribution in [-0.2, 0) is 0 Å². The molecule has 0 radical (unpaired) electrons. The van der Waals surface area contributed by atoms with E-state index in [1.807, 2.05) is 0 Å². The van der Waals surface area contributed by atoms with E-state index in [0.29, 0.717) is 0 Å². The third kappa shape index (κ3) is 116. The van der Waals surface area contributed by atoms with Gasteiger partial charge in [0.05, 0.1) is 0 Å². The summed E-state index contributed by atoms with van der Waals surface area (Å²) < 4.78 is -1.50. The molecule has 0 aromatic heterocycles. The van der Waals surface area contributed by atoms with Gasteiger partial charge in [-0.1, -0.05) is 149 Å². The highest BCUT2D eigenvalue weighted by Crippen LogP contribution is 2.04. The van der Waals surface area contributed by atoms with Crippen LogP contribution in [0, 0.1) is 0 Å². The van der Waals surface area contributed by atoms with E-state index in [9.17, 15) is 0 Å². The summed E-state index contributed by atoms with van der Waals surface area (Å²) >= 11 is 28.8. The summed E-state index contributed by atoms with van der Waals surface area (Å²) in [6.45, 7) is 8.93. The molecular formula is C14H30Cl6. The number of halogens is 6. The first kappa shape index (κ1) is 29.7. The molecule has 0 aliphatic rings. The van der Waals surface area contributed by atoms with Gasteiger partial charge in [0.2, 0.25) is 0 Å². The second-order valence-electron chi connectivity index (χ2n) is 3.91. The van der Waals surface area contributed by atoms with Crippen molar-refractivity contribution < 1.29 is 0 Å². The first-order chi connectivity index (χ1) is 9.29. The molecule has 128 valence electrons. The van der Waals surface area contributed by atoms with Crippen LogP contribution in [0.25, 0.3) is 0 Å². The zero-order valence-electron chi connectivity index (χ0n) is 13.1. The van der Waals surface area contributed by atoms with Gasteiger partial charge in [-0.2, -0.15) is 0 Å². The molecule has 0 saturated heterocycles. The van der Waals surface area contributed by atoms with Crippen molar-refractivity contribution in [3.8, 4) is 0 Å². The Balaban J connectivity index is -0.0000000871. The number of hydrogen-bond acceptors (Lipinski definition) is 0. The normalized spacial score (nSPS) is 9.00. The van der Waals surface area contributed by atoms with Crippen molar-refractivity contribution in [2.24, 2.45) is 0 Å². The molecule has 0 saturated carbocycles. The maximum Gasteiger partial charge on any atom is 0.180 e. The number of hydrogen-bond donors (Lipinski definition) is 0. The molecule has 0 atom stereocenters. The lowest BCUT2D eigenvalue weighted by Gasteiger charge is -1.86. The smallest absolute Gasteiger partial charge is 0.0874 e. The van der Waals surface area contributed by atoms with Crippen molar-refractivity contribution in [3.63, 3.8) is 0 Å². The van der Waals surface area contributed by atoms with E-state index < -0.39 is 8.59 Å². The van der Waals surface area contributed by atoms with Crippen molar-refractivity contribution in [2.75, 3.05) is 0 Å². The monoisotopic (exact) mass is 408 g/mol. The zero-order valence-corrected chi connectivity index (χ0v) is 17.6. The van der Waals surface area contributed by atoms with Crippen molar-refractivity contribution in [3.05, 3.63) is 0 Å². The molecule has 6 heteroatoms. The van der Waals surface area contributed by atoms with Crippen LogP contribution in [-0.4, -0.2) is 8.59 Å². The van der Waals surface area contributed by atoms with Crippen LogP contribution in [0.15, 0.2) is 0 Å². The lowest BCUT2D eigenvalue weighted by Crippen LogP contribution is -1.66. The molecule has 0 unspecified atom stereocenters. The van der Waals surface area contributed by atoms with Gasteiger partial charge in [-0.15, -0.1) is 0 Å². The highest BCUT2D eigenvalue weighted by molar-refractivity contribution is 6.63. The van der Waals surface area contributed by atoms with E-state index in [4.69, 9.17) is 69.6 Å². The van der Waals surface area contributed by atoms with Gasteiger partial charge in [0.15, 0.2) is 8.59 Å². The molecule has 0 nitrogen and oxygen atoms in total. The molecular weight excluding hydrogens is 381 g/mol. The molecule has 0 fully saturated rings. The maximum atomic E-state index is 4.81. The summed E-state index contributed by atoms with van der Waals surface area (Å²) in [6, 6.07) is 0. The van der Waals surface area contributed by atoms with Crippen LogP contribution in [0.3, 0.4) is 0 Å². The molecule has 0 aliphatic carbocycles. The van der Waals surface area contributed by atoms with Gasteiger partial charge in [0.1, 0.15) is 0 Å². The van der Waals surface area contributed by atoms with E-state index in [1.54, 1.807) is 0 Å². The summed E-state index contributed by atoms with van der Waals surface area (Å²) in [7, 11) is 0. The molecule has 0 amide bonds. The van der Waals surface area contributed by atoms with E-state index in [-0.39, 0.29) is 0 Å². The third-order valence-corrected chi connectivity index (χ3v) is 1.91. The van der Waals surface area contributed by atoms with Crippen LogP contribution in [0.5, 0.6) is 0 Å². The fourth-order valence-corrected chi connectivity index (χ4v) is 1.000. The Bertz CT molecular complexity index is 92.7. The average molecular weight is 411 g/mol. The Morgan fingerprint density at radius 3 is 0.600 bits per heavy atom. The minimum Gasteiger partial charge on any atom is -0.0874 e. The Labute approximate surface area is 156 Å². The Morgan fingerprint density at radius 1 is 0.450 bits per heavy atom. The van der Waals surface area contributed by atoms with E-state index in [2.05, 4.69) is 27.7 Å². The molecule has 0 rings (SSSR count). The largest absolute Gasteiger partial charge is 0.180 e.